The molecule has 1 N–H and O–H groups in total. The van der Waals surface area contributed by atoms with Crippen LogP contribution in [0.25, 0.3) is 0 Å². The predicted molar refractivity (Wildman–Crippen MR) is 50.3 cm³/mol. The summed E-state index contributed by atoms with van der Waals surface area (Å²) in [6.07, 6.45) is 4.61. The van der Waals surface area contributed by atoms with Gasteiger partial charge in [-0.05, 0) is 25.5 Å². The average Bonchev–Trinajstić information content (AvgIpc) is 2.16. The minimum Gasteiger partial charge on any atom is -0.361 e. The minimum absolute atomic E-state index is 0.975. The molecule has 1 aromatic rings. The molecule has 64 valence electrons. The van der Waals surface area contributed by atoms with Gasteiger partial charge in [-0.1, -0.05) is 13.0 Å². The van der Waals surface area contributed by atoms with Crippen LogP contribution in [0.4, 0.5) is 0 Å². The fraction of sp³-hybridized carbons (Fsp3) is 0.300. The smallest absolute Gasteiger partial charge is 0.0460 e. The molecule has 0 unspecified atom stereocenters. The van der Waals surface area contributed by atoms with E-state index in [9.17, 15) is 0 Å². The lowest BCUT2D eigenvalue weighted by molar-refractivity contribution is 1.00. The maximum atomic E-state index is 4.11. The van der Waals surface area contributed by atoms with Crippen molar-refractivity contribution in [1.82, 2.24) is 9.97 Å². The van der Waals surface area contributed by atoms with Crippen molar-refractivity contribution in [2.45, 2.75) is 20.3 Å². The van der Waals surface area contributed by atoms with E-state index in [-0.39, 0.29) is 0 Å². The molecule has 0 saturated carbocycles. The summed E-state index contributed by atoms with van der Waals surface area (Å²) in [6.45, 7) is 4.14. The number of aromatic amines is 1. The van der Waals surface area contributed by atoms with E-state index in [0.717, 1.165) is 17.8 Å². The molecule has 1 rings (SSSR count). The van der Waals surface area contributed by atoms with E-state index < -0.39 is 0 Å². The third-order valence-corrected chi connectivity index (χ3v) is 1.60. The van der Waals surface area contributed by atoms with E-state index in [4.69, 9.17) is 0 Å². The number of H-pyrrole nitrogens is 1. The molecule has 0 radical (unpaired) electrons. The highest BCUT2D eigenvalue weighted by Gasteiger charge is 1.83. The van der Waals surface area contributed by atoms with Crippen molar-refractivity contribution in [3.63, 3.8) is 0 Å². The Labute approximate surface area is 73.0 Å². The zero-order chi connectivity index (χ0) is 8.81. The van der Waals surface area contributed by atoms with Gasteiger partial charge < -0.3 is 4.98 Å². The van der Waals surface area contributed by atoms with Crippen LogP contribution in [0.2, 0.25) is 0 Å². The summed E-state index contributed by atoms with van der Waals surface area (Å²) in [5.41, 5.74) is 2.29. The normalized spacial score (nSPS) is 9.17. The molecule has 0 saturated heterocycles. The van der Waals surface area contributed by atoms with Crippen molar-refractivity contribution in [3.05, 3.63) is 42.0 Å². The van der Waals surface area contributed by atoms with Gasteiger partial charge in [-0.15, -0.1) is 0 Å². The summed E-state index contributed by atoms with van der Waals surface area (Å²) in [6, 6.07) is 5.92. The van der Waals surface area contributed by atoms with Crippen molar-refractivity contribution < 1.29 is 0 Å². The molecule has 0 aliphatic rings. The average molecular weight is 162 g/mol. The van der Waals surface area contributed by atoms with E-state index in [2.05, 4.69) is 16.9 Å². The first kappa shape index (κ1) is 8.78. The van der Waals surface area contributed by atoms with Gasteiger partial charge >= 0.3 is 0 Å². The summed E-state index contributed by atoms with van der Waals surface area (Å²) in [5, 5.41) is 0. The molecule has 0 spiro atoms. The summed E-state index contributed by atoms with van der Waals surface area (Å²) in [7, 11) is 0. The molecule has 12 heavy (non-hydrogen) atoms. The lowest BCUT2D eigenvalue weighted by atomic mass is 10.3. The highest BCUT2D eigenvalue weighted by atomic mass is 14.7. The van der Waals surface area contributed by atoms with Crippen LogP contribution < -0.4 is 0 Å². The number of nitrogens with zero attached hydrogens (tertiary/aromatic N) is 1. The highest BCUT2D eigenvalue weighted by Crippen LogP contribution is 1.92. The SMILES string of the molecule is CCc1cnccccc(C)[nH]1. The Kier molecular flexibility index (Phi) is 3.33. The van der Waals surface area contributed by atoms with Crippen LogP contribution in [0.1, 0.15) is 18.3 Å². The third kappa shape index (κ3) is 2.74. The summed E-state index contributed by atoms with van der Waals surface area (Å²) < 4.78 is 0. The van der Waals surface area contributed by atoms with Crippen LogP contribution in [0, 0.1) is 6.92 Å². The van der Waals surface area contributed by atoms with Gasteiger partial charge in [-0.2, -0.15) is 0 Å². The Balaban J connectivity index is 3.21. The van der Waals surface area contributed by atoms with Crippen molar-refractivity contribution in [2.75, 3.05) is 0 Å². The number of hydrogen-bond acceptors (Lipinski definition) is 1. The van der Waals surface area contributed by atoms with Gasteiger partial charge in [0.1, 0.15) is 0 Å². The van der Waals surface area contributed by atoms with Gasteiger partial charge in [-0.25, -0.2) is 0 Å². The Morgan fingerprint density at radius 3 is 3.00 bits per heavy atom. The van der Waals surface area contributed by atoms with E-state index in [1.807, 2.05) is 31.3 Å². The molecule has 0 aromatic carbocycles. The van der Waals surface area contributed by atoms with Crippen LogP contribution in [0.3, 0.4) is 0 Å². The standard InChI is InChI=1S/C10H14N2/c1-3-10-8-11-7-5-4-6-9(2)12-10/h4-8,12H,3H2,1-2H3. The second-order valence-electron chi connectivity index (χ2n) is 2.67. The van der Waals surface area contributed by atoms with Gasteiger partial charge in [0.05, 0.1) is 0 Å². The quantitative estimate of drug-likeness (QED) is 0.675. The molecule has 0 aliphatic carbocycles. The predicted octanol–water partition coefficient (Wildman–Crippen LogP) is 2.40. The topological polar surface area (TPSA) is 28.7 Å². The van der Waals surface area contributed by atoms with E-state index in [1.165, 1.54) is 0 Å². The second-order valence-corrected chi connectivity index (χ2v) is 2.67. The van der Waals surface area contributed by atoms with E-state index in [0.29, 0.717) is 0 Å². The van der Waals surface area contributed by atoms with Gasteiger partial charge in [0.15, 0.2) is 0 Å². The first-order valence-corrected chi connectivity index (χ1v) is 4.15. The lowest BCUT2D eigenvalue weighted by Crippen LogP contribution is -1.84. The molecule has 1 aromatic heterocycles. The summed E-state index contributed by atoms with van der Waals surface area (Å²) in [5.74, 6) is 0. The molecule has 0 amide bonds. The van der Waals surface area contributed by atoms with E-state index >= 15 is 0 Å². The molecule has 1 heterocycles. The summed E-state index contributed by atoms with van der Waals surface area (Å²) >= 11 is 0. The second kappa shape index (κ2) is 4.54. The van der Waals surface area contributed by atoms with Crippen LogP contribution in [0.5, 0.6) is 0 Å². The van der Waals surface area contributed by atoms with Crippen LogP contribution >= 0.6 is 0 Å². The Bertz CT molecular complexity index is 288. The van der Waals surface area contributed by atoms with Crippen molar-refractivity contribution in [1.29, 1.82) is 0 Å². The largest absolute Gasteiger partial charge is 0.361 e. The zero-order valence-corrected chi connectivity index (χ0v) is 7.54. The maximum Gasteiger partial charge on any atom is 0.0460 e. The van der Waals surface area contributed by atoms with Gasteiger partial charge in [0, 0.05) is 23.8 Å². The van der Waals surface area contributed by atoms with Crippen LogP contribution in [-0.4, -0.2) is 9.97 Å². The number of nitrogens with one attached hydrogen (secondary N) is 1. The maximum absolute atomic E-state index is 4.11. The molecular weight excluding hydrogens is 148 g/mol. The van der Waals surface area contributed by atoms with Crippen molar-refractivity contribution in [2.24, 2.45) is 0 Å². The number of aromatic nitrogens is 2. The van der Waals surface area contributed by atoms with Gasteiger partial charge in [0.25, 0.3) is 0 Å². The Morgan fingerprint density at radius 2 is 2.25 bits per heavy atom. The van der Waals surface area contributed by atoms with Crippen LogP contribution in [0.15, 0.2) is 30.6 Å². The first-order chi connectivity index (χ1) is 5.83. The van der Waals surface area contributed by atoms with Gasteiger partial charge in [0.2, 0.25) is 0 Å². The molecule has 0 fully saturated rings. The van der Waals surface area contributed by atoms with Crippen LogP contribution in [-0.2, 0) is 6.42 Å². The van der Waals surface area contributed by atoms with E-state index in [1.54, 1.807) is 6.20 Å². The zero-order valence-electron chi connectivity index (χ0n) is 7.54. The summed E-state index contributed by atoms with van der Waals surface area (Å²) in [4.78, 5) is 7.37. The lowest BCUT2D eigenvalue weighted by Gasteiger charge is -1.92. The fourth-order valence-corrected chi connectivity index (χ4v) is 0.939. The fourth-order valence-electron chi connectivity index (χ4n) is 0.939. The third-order valence-electron chi connectivity index (χ3n) is 1.60. The minimum atomic E-state index is 0.975. The molecule has 2 nitrogen and oxygen atoms in total. The molecule has 0 atom stereocenters. The molecule has 0 bridgehead atoms. The monoisotopic (exact) mass is 162 g/mol. The van der Waals surface area contributed by atoms with Crippen molar-refractivity contribution in [3.8, 4) is 0 Å². The van der Waals surface area contributed by atoms with Crippen molar-refractivity contribution >= 4 is 0 Å². The number of aryl methyl sites for hydroxylation is 2. The Hall–Kier alpha value is -1.31. The first-order valence-electron chi connectivity index (χ1n) is 4.15. The highest BCUT2D eigenvalue weighted by molar-refractivity contribution is 5.02. The molecule has 0 aliphatic heterocycles. The number of hydrogen-bond donors (Lipinski definition) is 1. The molecular formula is C10H14N2. The van der Waals surface area contributed by atoms with Gasteiger partial charge in [-0.3, -0.25) is 4.98 Å². The Morgan fingerprint density at radius 1 is 1.42 bits per heavy atom. The number of rotatable bonds is 1. The molecule has 2 heteroatoms.